The summed E-state index contributed by atoms with van der Waals surface area (Å²) in [5.41, 5.74) is 10.8. The minimum atomic E-state index is 0.0185. The second-order valence-corrected chi connectivity index (χ2v) is 9.18. The zero-order valence-electron chi connectivity index (χ0n) is 20.7. The minimum absolute atomic E-state index is 0.0185. The van der Waals surface area contributed by atoms with Crippen molar-refractivity contribution in [1.29, 1.82) is 0 Å². The van der Waals surface area contributed by atoms with Crippen molar-refractivity contribution in [2.45, 2.75) is 48.5 Å². The molecule has 0 N–H and O–H groups in total. The van der Waals surface area contributed by atoms with Crippen molar-refractivity contribution in [1.82, 2.24) is 4.57 Å². The van der Waals surface area contributed by atoms with Crippen molar-refractivity contribution in [3.63, 3.8) is 0 Å². The van der Waals surface area contributed by atoms with Crippen LogP contribution in [0.4, 0.5) is 0 Å². The van der Waals surface area contributed by atoms with Crippen LogP contribution < -0.4 is 9.67 Å². The van der Waals surface area contributed by atoms with Crippen molar-refractivity contribution in [2.24, 2.45) is 0 Å². The molecule has 0 saturated carbocycles. The Morgan fingerprint density at radius 1 is 0.758 bits per heavy atom. The molecule has 0 spiro atoms. The minimum Gasteiger partial charge on any atom is -0.867 e. The molecule has 1 aromatic heterocycles. The summed E-state index contributed by atoms with van der Waals surface area (Å²) in [4.78, 5) is 0. The third-order valence-corrected chi connectivity index (χ3v) is 6.32. The van der Waals surface area contributed by atoms with Crippen LogP contribution in [0.3, 0.4) is 0 Å². The quantitative estimate of drug-likeness (QED) is 0.292. The largest absolute Gasteiger partial charge is 0.867 e. The molecule has 33 heavy (non-hydrogen) atoms. The average Bonchev–Trinajstić information content (AvgIpc) is 3.16. The number of allylic oxidation sites excluding steroid dienone is 1. The maximum Gasteiger partial charge on any atom is 0.284 e. The maximum atomic E-state index is 14.1. The third-order valence-electron chi connectivity index (χ3n) is 6.32. The van der Waals surface area contributed by atoms with Crippen molar-refractivity contribution in [3.8, 4) is 11.4 Å². The first kappa shape index (κ1) is 22.6. The highest BCUT2D eigenvalue weighted by atomic mass is 16.3. The zero-order chi connectivity index (χ0) is 23.9. The number of imidazole rings is 1. The second-order valence-electron chi connectivity index (χ2n) is 9.18. The molecule has 0 radical (unpaired) electrons. The maximum absolute atomic E-state index is 14.1. The van der Waals surface area contributed by atoms with E-state index in [1.54, 1.807) is 0 Å². The highest BCUT2D eigenvalue weighted by Gasteiger charge is 2.26. The zero-order valence-corrected chi connectivity index (χ0v) is 20.7. The molecule has 0 aliphatic heterocycles. The third kappa shape index (κ3) is 4.11. The lowest BCUT2D eigenvalue weighted by molar-refractivity contribution is -0.602. The molecular formula is C30H32N2O. The van der Waals surface area contributed by atoms with E-state index in [2.05, 4.69) is 74.9 Å². The topological polar surface area (TPSA) is 31.9 Å². The van der Waals surface area contributed by atoms with Crippen LogP contribution in [0.2, 0.25) is 0 Å². The monoisotopic (exact) mass is 436 g/mol. The predicted molar refractivity (Wildman–Crippen MR) is 135 cm³/mol. The second kappa shape index (κ2) is 8.74. The molecule has 0 amide bonds. The van der Waals surface area contributed by atoms with E-state index in [4.69, 9.17) is 0 Å². The summed E-state index contributed by atoms with van der Waals surface area (Å²) in [6, 6.07) is 18.6. The first-order valence-electron chi connectivity index (χ1n) is 11.4. The molecule has 0 saturated heterocycles. The highest BCUT2D eigenvalue weighted by Crippen LogP contribution is 2.28. The number of aromatic nitrogens is 2. The molecule has 4 aromatic rings. The van der Waals surface area contributed by atoms with E-state index in [0.717, 1.165) is 44.8 Å². The van der Waals surface area contributed by atoms with Crippen LogP contribution in [0, 0.1) is 41.5 Å². The summed E-state index contributed by atoms with van der Waals surface area (Å²) >= 11 is 0. The van der Waals surface area contributed by atoms with Gasteiger partial charge in [0.1, 0.15) is 23.8 Å². The number of benzene rings is 3. The van der Waals surface area contributed by atoms with Gasteiger partial charge < -0.3 is 5.11 Å². The van der Waals surface area contributed by atoms with E-state index < -0.39 is 0 Å². The Kier molecular flexibility index (Phi) is 5.99. The van der Waals surface area contributed by atoms with Gasteiger partial charge in [0.2, 0.25) is 0 Å². The molecule has 0 atom stereocenters. The smallest absolute Gasteiger partial charge is 0.284 e. The van der Waals surface area contributed by atoms with Gasteiger partial charge in [-0.2, -0.15) is 9.13 Å². The highest BCUT2D eigenvalue weighted by molar-refractivity contribution is 5.83. The molecule has 0 unspecified atom stereocenters. The molecule has 0 fully saturated rings. The van der Waals surface area contributed by atoms with Gasteiger partial charge in [0.05, 0.1) is 0 Å². The molecule has 4 rings (SSSR count). The summed E-state index contributed by atoms with van der Waals surface area (Å²) in [7, 11) is 0. The van der Waals surface area contributed by atoms with Gasteiger partial charge in [-0.05, 0) is 87.6 Å². The molecule has 3 nitrogen and oxygen atoms in total. The van der Waals surface area contributed by atoms with Crippen LogP contribution in [0.5, 0.6) is 0 Å². The van der Waals surface area contributed by atoms with Crippen molar-refractivity contribution in [3.05, 3.63) is 112 Å². The van der Waals surface area contributed by atoms with Crippen LogP contribution in [0.25, 0.3) is 22.7 Å². The van der Waals surface area contributed by atoms with E-state index in [1.807, 2.05) is 49.6 Å². The Morgan fingerprint density at radius 3 is 1.82 bits per heavy atom. The fourth-order valence-electron chi connectivity index (χ4n) is 5.06. The average molecular weight is 437 g/mol. The molecule has 3 heteroatoms. The van der Waals surface area contributed by atoms with Gasteiger partial charge in [0.25, 0.3) is 5.82 Å². The van der Waals surface area contributed by atoms with Crippen molar-refractivity contribution in [2.75, 3.05) is 0 Å². The van der Waals surface area contributed by atoms with E-state index in [9.17, 15) is 5.11 Å². The molecule has 0 bridgehead atoms. The van der Waals surface area contributed by atoms with Gasteiger partial charge >= 0.3 is 0 Å². The van der Waals surface area contributed by atoms with Gasteiger partial charge in [-0.3, -0.25) is 0 Å². The lowest BCUT2D eigenvalue weighted by Gasteiger charge is -2.19. The summed E-state index contributed by atoms with van der Waals surface area (Å²) in [5, 5.41) is 14.1. The number of hydrogen-bond donors (Lipinski definition) is 0. The van der Waals surface area contributed by atoms with Crippen LogP contribution in [0.15, 0.2) is 67.0 Å². The Balaban J connectivity index is 2.08. The molecule has 0 aliphatic rings. The fourth-order valence-corrected chi connectivity index (χ4v) is 5.06. The normalized spacial score (nSPS) is 12.1. The summed E-state index contributed by atoms with van der Waals surface area (Å²) in [6.07, 6.45) is 4.05. The number of rotatable bonds is 4. The molecule has 1 heterocycles. The lowest BCUT2D eigenvalue weighted by atomic mass is 10.0. The Labute approximate surface area is 197 Å². The van der Waals surface area contributed by atoms with Gasteiger partial charge in [-0.25, -0.2) is 0 Å². The molecule has 3 aromatic carbocycles. The van der Waals surface area contributed by atoms with E-state index in [0.29, 0.717) is 5.82 Å². The van der Waals surface area contributed by atoms with Crippen molar-refractivity contribution < 1.29 is 9.67 Å². The van der Waals surface area contributed by atoms with Crippen LogP contribution in [-0.4, -0.2) is 4.57 Å². The number of nitrogens with zero attached hydrogens (tertiary/aromatic N) is 2. The first-order chi connectivity index (χ1) is 15.7. The lowest BCUT2D eigenvalue weighted by Crippen LogP contribution is -2.38. The SMILES string of the molecule is C/C(=C(/[O-])c1n(-c2c(C)cc(C)cc2C)cc[n+]1-c1c(C)cc(C)cc1C)c1ccccc1. The van der Waals surface area contributed by atoms with Gasteiger partial charge in [-0.15, -0.1) is 0 Å². The van der Waals surface area contributed by atoms with Crippen molar-refractivity contribution >= 4 is 11.3 Å². The van der Waals surface area contributed by atoms with Crippen LogP contribution in [0.1, 0.15) is 51.7 Å². The molecular weight excluding hydrogens is 404 g/mol. The number of aryl methyl sites for hydroxylation is 6. The predicted octanol–water partition coefficient (Wildman–Crippen LogP) is 5.85. The van der Waals surface area contributed by atoms with E-state index in [-0.39, 0.29) is 5.76 Å². The Hall–Kier alpha value is -3.59. The summed E-state index contributed by atoms with van der Waals surface area (Å²) in [5.74, 6) is 0.659. The van der Waals surface area contributed by atoms with Gasteiger partial charge in [0, 0.05) is 0 Å². The first-order valence-corrected chi connectivity index (χ1v) is 11.4. The van der Waals surface area contributed by atoms with Crippen LogP contribution >= 0.6 is 0 Å². The van der Waals surface area contributed by atoms with Gasteiger partial charge in [-0.1, -0.05) is 65.7 Å². The Morgan fingerprint density at radius 2 is 1.27 bits per heavy atom. The van der Waals surface area contributed by atoms with E-state index in [1.165, 1.54) is 11.1 Å². The fraction of sp³-hybridized carbons (Fsp3) is 0.233. The Bertz CT molecular complexity index is 1250. The molecule has 0 aliphatic carbocycles. The molecule has 168 valence electrons. The van der Waals surface area contributed by atoms with Crippen LogP contribution in [-0.2, 0) is 0 Å². The number of hydrogen-bond acceptors (Lipinski definition) is 1. The van der Waals surface area contributed by atoms with Gasteiger partial charge in [0.15, 0.2) is 0 Å². The standard InChI is InChI=1S/C30H32N2O/c1-19-15-21(3)27(22(4)16-19)31-13-14-32(28-23(5)17-20(2)18-24(28)6)30(31)29(33)25(7)26-11-9-8-10-12-26/h8-18H,1-7H3/b29-25-. The summed E-state index contributed by atoms with van der Waals surface area (Å²) in [6.45, 7) is 14.6. The summed E-state index contributed by atoms with van der Waals surface area (Å²) < 4.78 is 4.13. The van der Waals surface area contributed by atoms with E-state index >= 15 is 0 Å².